The zero-order valence-corrected chi connectivity index (χ0v) is 10.1. The minimum absolute atomic E-state index is 0.746. The molecule has 0 spiro atoms. The Morgan fingerprint density at radius 3 is 2.62 bits per heavy atom. The van der Waals surface area contributed by atoms with Crippen molar-refractivity contribution < 1.29 is 5.11 Å². The van der Waals surface area contributed by atoms with Crippen LogP contribution in [0.2, 0.25) is 0 Å². The highest BCUT2D eigenvalue weighted by molar-refractivity contribution is 5.76. The second kappa shape index (κ2) is 3.91. The quantitative estimate of drug-likeness (QED) is 0.860. The Bertz CT molecular complexity index is 494. The molecule has 0 fully saturated rings. The van der Waals surface area contributed by atoms with Gasteiger partial charge in [0.2, 0.25) is 0 Å². The monoisotopic (exact) mass is 218 g/mol. The molecule has 0 unspecified atom stereocenters. The number of aryl methyl sites for hydroxylation is 1. The second-order valence-corrected chi connectivity index (χ2v) is 4.63. The summed E-state index contributed by atoms with van der Waals surface area (Å²) in [5.74, 6) is 0.746. The lowest BCUT2D eigenvalue weighted by Crippen LogP contribution is -2.22. The summed E-state index contributed by atoms with van der Waals surface area (Å²) in [6, 6.07) is 8.01. The Morgan fingerprint density at radius 2 is 2.00 bits per heavy atom. The van der Waals surface area contributed by atoms with Crippen LogP contribution in [0, 0.1) is 0 Å². The summed E-state index contributed by atoms with van der Waals surface area (Å²) < 4.78 is 2.11. The highest BCUT2D eigenvalue weighted by Crippen LogP contribution is 2.24. The van der Waals surface area contributed by atoms with Crippen LogP contribution in [0.5, 0.6) is 0 Å². The van der Waals surface area contributed by atoms with Gasteiger partial charge in [-0.3, -0.25) is 0 Å². The third-order valence-electron chi connectivity index (χ3n) is 2.65. The molecule has 0 amide bonds. The van der Waals surface area contributed by atoms with Crippen molar-refractivity contribution in [3.63, 3.8) is 0 Å². The van der Waals surface area contributed by atoms with Crippen LogP contribution in [-0.2, 0) is 12.1 Å². The van der Waals surface area contributed by atoms with Crippen molar-refractivity contribution in [3.8, 4) is 0 Å². The molecule has 2 rings (SSSR count). The Kier molecular flexibility index (Phi) is 2.72. The molecule has 0 aliphatic rings. The lowest BCUT2D eigenvalue weighted by atomic mass is 10.1. The molecule has 1 aromatic carbocycles. The Labute approximate surface area is 95.7 Å². The molecule has 16 heavy (non-hydrogen) atoms. The van der Waals surface area contributed by atoms with Gasteiger partial charge in [-0.25, -0.2) is 4.98 Å². The largest absolute Gasteiger partial charge is 0.383 e. The van der Waals surface area contributed by atoms with Crippen LogP contribution in [0.4, 0.5) is 0 Å². The molecule has 86 valence electrons. The Balaban J connectivity index is 2.68. The number of rotatable bonds is 3. The van der Waals surface area contributed by atoms with Gasteiger partial charge in [-0.1, -0.05) is 19.1 Å². The highest BCUT2D eigenvalue weighted by atomic mass is 16.3. The molecule has 1 aromatic heterocycles. The zero-order chi connectivity index (χ0) is 11.8. The molecular weight excluding hydrogens is 200 g/mol. The summed E-state index contributed by atoms with van der Waals surface area (Å²) in [4.78, 5) is 4.52. The average molecular weight is 218 g/mol. The van der Waals surface area contributed by atoms with Crippen LogP contribution >= 0.6 is 0 Å². The SMILES string of the molecule is CCCn1c(C(C)(C)O)nc2ccccc21. The third-order valence-corrected chi connectivity index (χ3v) is 2.65. The van der Waals surface area contributed by atoms with Crippen LogP contribution in [0.15, 0.2) is 24.3 Å². The zero-order valence-electron chi connectivity index (χ0n) is 10.1. The number of hydrogen-bond donors (Lipinski definition) is 1. The van der Waals surface area contributed by atoms with E-state index >= 15 is 0 Å². The second-order valence-electron chi connectivity index (χ2n) is 4.63. The molecule has 0 saturated heterocycles. The lowest BCUT2D eigenvalue weighted by molar-refractivity contribution is 0.0652. The van der Waals surface area contributed by atoms with Gasteiger partial charge in [0.1, 0.15) is 11.4 Å². The van der Waals surface area contributed by atoms with Crippen molar-refractivity contribution in [1.82, 2.24) is 9.55 Å². The van der Waals surface area contributed by atoms with Gasteiger partial charge in [0.05, 0.1) is 11.0 Å². The molecule has 2 aromatic rings. The van der Waals surface area contributed by atoms with Gasteiger partial charge >= 0.3 is 0 Å². The van der Waals surface area contributed by atoms with Crippen molar-refractivity contribution in [3.05, 3.63) is 30.1 Å². The lowest BCUT2D eigenvalue weighted by Gasteiger charge is -2.18. The first-order valence-electron chi connectivity index (χ1n) is 5.72. The molecule has 3 heteroatoms. The fourth-order valence-electron chi connectivity index (χ4n) is 1.99. The van der Waals surface area contributed by atoms with Crippen molar-refractivity contribution in [2.45, 2.75) is 39.3 Å². The smallest absolute Gasteiger partial charge is 0.141 e. The summed E-state index contributed by atoms with van der Waals surface area (Å²) in [7, 11) is 0. The molecule has 0 bridgehead atoms. The highest BCUT2D eigenvalue weighted by Gasteiger charge is 2.24. The first-order valence-corrected chi connectivity index (χ1v) is 5.72. The van der Waals surface area contributed by atoms with Crippen molar-refractivity contribution >= 4 is 11.0 Å². The van der Waals surface area contributed by atoms with Gasteiger partial charge in [-0.15, -0.1) is 0 Å². The molecule has 0 aliphatic carbocycles. The minimum atomic E-state index is -0.895. The fraction of sp³-hybridized carbons (Fsp3) is 0.462. The van der Waals surface area contributed by atoms with E-state index in [0.29, 0.717) is 0 Å². The fourth-order valence-corrected chi connectivity index (χ4v) is 1.99. The molecular formula is C13H18N2O. The predicted molar refractivity (Wildman–Crippen MR) is 65.3 cm³/mol. The number of hydrogen-bond acceptors (Lipinski definition) is 2. The number of benzene rings is 1. The van der Waals surface area contributed by atoms with Crippen LogP contribution in [0.3, 0.4) is 0 Å². The average Bonchev–Trinajstić information content (AvgIpc) is 2.58. The number of imidazole rings is 1. The topological polar surface area (TPSA) is 38.0 Å². The third kappa shape index (κ3) is 1.83. The Hall–Kier alpha value is -1.35. The number of aliphatic hydroxyl groups is 1. The minimum Gasteiger partial charge on any atom is -0.383 e. The molecule has 1 N–H and O–H groups in total. The molecule has 0 saturated carbocycles. The first-order chi connectivity index (χ1) is 7.54. The number of aromatic nitrogens is 2. The molecule has 0 atom stereocenters. The normalized spacial score (nSPS) is 12.2. The molecule has 0 aliphatic heterocycles. The van der Waals surface area contributed by atoms with E-state index in [4.69, 9.17) is 0 Å². The number of fused-ring (bicyclic) bond motifs is 1. The summed E-state index contributed by atoms with van der Waals surface area (Å²) in [6.07, 6.45) is 1.03. The van der Waals surface area contributed by atoms with E-state index in [0.717, 1.165) is 29.8 Å². The Morgan fingerprint density at radius 1 is 1.31 bits per heavy atom. The van der Waals surface area contributed by atoms with E-state index < -0.39 is 5.60 Å². The van der Waals surface area contributed by atoms with Crippen LogP contribution < -0.4 is 0 Å². The summed E-state index contributed by atoms with van der Waals surface area (Å²) in [5.41, 5.74) is 1.16. The van der Waals surface area contributed by atoms with Gasteiger partial charge in [0.15, 0.2) is 0 Å². The van der Waals surface area contributed by atoms with E-state index in [1.165, 1.54) is 0 Å². The van der Waals surface area contributed by atoms with E-state index in [2.05, 4.69) is 16.5 Å². The summed E-state index contributed by atoms with van der Waals surface area (Å²) in [5, 5.41) is 10.1. The predicted octanol–water partition coefficient (Wildman–Crippen LogP) is 2.67. The van der Waals surface area contributed by atoms with E-state index in [1.807, 2.05) is 24.3 Å². The van der Waals surface area contributed by atoms with Gasteiger partial charge in [0, 0.05) is 6.54 Å². The molecule has 1 heterocycles. The summed E-state index contributed by atoms with van der Waals surface area (Å²) >= 11 is 0. The van der Waals surface area contributed by atoms with Crippen LogP contribution in [0.1, 0.15) is 33.0 Å². The van der Waals surface area contributed by atoms with E-state index in [9.17, 15) is 5.11 Å². The number of para-hydroxylation sites is 2. The van der Waals surface area contributed by atoms with Crippen molar-refractivity contribution in [2.75, 3.05) is 0 Å². The van der Waals surface area contributed by atoms with Crippen molar-refractivity contribution in [1.29, 1.82) is 0 Å². The van der Waals surface area contributed by atoms with Gasteiger partial charge in [-0.05, 0) is 32.4 Å². The number of nitrogens with zero attached hydrogens (tertiary/aromatic N) is 2. The maximum absolute atomic E-state index is 10.1. The van der Waals surface area contributed by atoms with Gasteiger partial charge in [0.25, 0.3) is 0 Å². The molecule has 0 radical (unpaired) electrons. The standard InChI is InChI=1S/C13H18N2O/c1-4-9-15-11-8-6-5-7-10(11)14-12(15)13(2,3)16/h5-8,16H,4,9H2,1-3H3. The van der Waals surface area contributed by atoms with Crippen molar-refractivity contribution in [2.24, 2.45) is 0 Å². The summed E-state index contributed by atoms with van der Waals surface area (Å²) in [6.45, 7) is 6.57. The van der Waals surface area contributed by atoms with Crippen LogP contribution in [0.25, 0.3) is 11.0 Å². The van der Waals surface area contributed by atoms with Gasteiger partial charge < -0.3 is 9.67 Å². The first kappa shape index (κ1) is 11.1. The maximum atomic E-state index is 10.1. The van der Waals surface area contributed by atoms with E-state index in [1.54, 1.807) is 13.8 Å². The maximum Gasteiger partial charge on any atom is 0.141 e. The molecule has 3 nitrogen and oxygen atoms in total. The van der Waals surface area contributed by atoms with Gasteiger partial charge in [-0.2, -0.15) is 0 Å². The van der Waals surface area contributed by atoms with E-state index in [-0.39, 0.29) is 0 Å². The van der Waals surface area contributed by atoms with Crippen LogP contribution in [-0.4, -0.2) is 14.7 Å².